The van der Waals surface area contributed by atoms with E-state index < -0.39 is 0 Å². The van der Waals surface area contributed by atoms with Crippen molar-refractivity contribution in [2.24, 2.45) is 0 Å². The molecule has 8 aromatic carbocycles. The smallest absolute Gasteiger partial charge is 0.164 e. The number of benzene rings is 8. The first-order chi connectivity index (χ1) is 27.7. The van der Waals surface area contributed by atoms with Crippen molar-refractivity contribution in [3.8, 4) is 62.1 Å². The summed E-state index contributed by atoms with van der Waals surface area (Å²) in [5.74, 6) is 1.93. The van der Waals surface area contributed by atoms with Crippen molar-refractivity contribution in [1.82, 2.24) is 19.5 Å². The Kier molecular flexibility index (Phi) is 7.64. The van der Waals surface area contributed by atoms with E-state index in [9.17, 15) is 0 Å². The van der Waals surface area contributed by atoms with Gasteiger partial charge in [0, 0.05) is 53.3 Å². The normalized spacial score (nSPS) is 11.6. The van der Waals surface area contributed by atoms with E-state index >= 15 is 0 Å². The van der Waals surface area contributed by atoms with Crippen molar-refractivity contribution in [3.63, 3.8) is 0 Å². The molecule has 3 heterocycles. The van der Waals surface area contributed by atoms with Gasteiger partial charge in [-0.1, -0.05) is 158 Å². The minimum Gasteiger partial charge on any atom is -0.309 e. The van der Waals surface area contributed by atoms with Crippen LogP contribution in [0.4, 0.5) is 0 Å². The first kappa shape index (κ1) is 32.2. The molecule has 0 aliphatic carbocycles. The fourth-order valence-electron chi connectivity index (χ4n) is 7.91. The predicted octanol–water partition coefficient (Wildman–Crippen LogP) is 13.7. The summed E-state index contributed by atoms with van der Waals surface area (Å²) in [5, 5.41) is 4.94. The van der Waals surface area contributed by atoms with Crippen LogP contribution in [0.3, 0.4) is 0 Å². The second-order valence-electron chi connectivity index (χ2n) is 14.1. The van der Waals surface area contributed by atoms with Gasteiger partial charge in [-0.05, 0) is 58.7 Å². The molecule has 262 valence electrons. The highest BCUT2D eigenvalue weighted by molar-refractivity contribution is 7.25. The number of rotatable bonds is 6. The largest absolute Gasteiger partial charge is 0.309 e. The first-order valence-electron chi connectivity index (χ1n) is 18.8. The van der Waals surface area contributed by atoms with Gasteiger partial charge in [-0.15, -0.1) is 11.3 Å². The Morgan fingerprint density at radius 3 is 1.57 bits per heavy atom. The molecule has 0 N–H and O–H groups in total. The third kappa shape index (κ3) is 5.56. The summed E-state index contributed by atoms with van der Waals surface area (Å²) in [6.07, 6.45) is 0. The van der Waals surface area contributed by atoms with E-state index in [1.165, 1.54) is 53.2 Å². The van der Waals surface area contributed by atoms with Gasteiger partial charge in [0.2, 0.25) is 0 Å². The topological polar surface area (TPSA) is 43.6 Å². The number of hydrogen-bond donors (Lipinski definition) is 0. The van der Waals surface area contributed by atoms with Crippen LogP contribution in [-0.2, 0) is 0 Å². The molecule has 11 rings (SSSR count). The van der Waals surface area contributed by atoms with Crippen molar-refractivity contribution in [1.29, 1.82) is 0 Å². The van der Waals surface area contributed by atoms with E-state index in [0.29, 0.717) is 17.5 Å². The molecule has 5 heteroatoms. The highest BCUT2D eigenvalue weighted by Gasteiger charge is 2.17. The van der Waals surface area contributed by atoms with Gasteiger partial charge in [-0.25, -0.2) is 15.0 Å². The zero-order chi connectivity index (χ0) is 37.0. The summed E-state index contributed by atoms with van der Waals surface area (Å²) in [7, 11) is 0. The van der Waals surface area contributed by atoms with Crippen LogP contribution in [0.1, 0.15) is 0 Å². The van der Waals surface area contributed by atoms with Crippen LogP contribution in [0.5, 0.6) is 0 Å². The third-order valence-corrected chi connectivity index (χ3v) is 11.8. The maximum absolute atomic E-state index is 5.16. The Morgan fingerprint density at radius 2 is 0.804 bits per heavy atom. The molecule has 0 radical (unpaired) electrons. The quantitative estimate of drug-likeness (QED) is 0.171. The molecule has 0 unspecified atom stereocenters. The highest BCUT2D eigenvalue weighted by Crippen LogP contribution is 2.38. The molecule has 0 atom stereocenters. The second-order valence-corrected chi connectivity index (χ2v) is 15.1. The standard InChI is InChI=1S/C51H32N4S/c1-3-12-33(13-4-1)34-22-24-35(25-23-34)37-26-28-42-41-18-7-9-20-45(41)55(46(42)31-37)40-17-11-16-38(30-40)50-52-49(36-14-5-2-6-15-36)53-51(54-50)39-27-29-44-43-19-8-10-21-47(43)56-48(44)32-39/h1-32H. The molecular weight excluding hydrogens is 701 g/mol. The molecular formula is C51H32N4S. The summed E-state index contributed by atoms with van der Waals surface area (Å²) in [5.41, 5.74) is 10.9. The summed E-state index contributed by atoms with van der Waals surface area (Å²) in [6.45, 7) is 0. The van der Waals surface area contributed by atoms with Crippen molar-refractivity contribution in [2.45, 2.75) is 0 Å². The van der Waals surface area contributed by atoms with Gasteiger partial charge < -0.3 is 4.57 Å². The fourth-order valence-corrected chi connectivity index (χ4v) is 9.06. The van der Waals surface area contributed by atoms with E-state index in [1.807, 2.05) is 18.2 Å². The lowest BCUT2D eigenvalue weighted by Gasteiger charge is -2.12. The molecule has 0 bridgehead atoms. The minimum absolute atomic E-state index is 0.632. The number of thiophene rings is 1. The SMILES string of the molecule is c1ccc(-c2ccc(-c3ccc4c5ccccc5n(-c5cccc(-c6nc(-c7ccccc7)nc(-c7ccc8c(c7)sc7ccccc78)n6)c5)c4c3)cc2)cc1. The van der Waals surface area contributed by atoms with Crippen LogP contribution < -0.4 is 0 Å². The Hall–Kier alpha value is -7.21. The molecule has 0 aliphatic heterocycles. The summed E-state index contributed by atoms with van der Waals surface area (Å²) in [4.78, 5) is 15.3. The third-order valence-electron chi connectivity index (χ3n) is 10.7. The van der Waals surface area contributed by atoms with Gasteiger partial charge in [0.25, 0.3) is 0 Å². The summed E-state index contributed by atoms with van der Waals surface area (Å²) < 4.78 is 4.86. The van der Waals surface area contributed by atoms with Crippen LogP contribution in [0.25, 0.3) is 104 Å². The van der Waals surface area contributed by atoms with Crippen molar-refractivity contribution < 1.29 is 0 Å². The molecule has 4 nitrogen and oxygen atoms in total. The van der Waals surface area contributed by atoms with Gasteiger partial charge in [-0.2, -0.15) is 0 Å². The van der Waals surface area contributed by atoms with Gasteiger partial charge in [0.05, 0.1) is 11.0 Å². The monoisotopic (exact) mass is 732 g/mol. The number of aromatic nitrogens is 4. The first-order valence-corrected chi connectivity index (χ1v) is 19.6. The summed E-state index contributed by atoms with van der Waals surface area (Å²) in [6, 6.07) is 68.7. The average molecular weight is 733 g/mol. The molecule has 0 fully saturated rings. The second kappa shape index (κ2) is 13.3. The number of para-hydroxylation sites is 1. The fraction of sp³-hybridized carbons (Fsp3) is 0. The van der Waals surface area contributed by atoms with Crippen molar-refractivity contribution in [2.75, 3.05) is 0 Å². The van der Waals surface area contributed by atoms with Gasteiger partial charge >= 0.3 is 0 Å². The zero-order valence-corrected chi connectivity index (χ0v) is 31.0. The molecule has 0 saturated heterocycles. The van der Waals surface area contributed by atoms with Gasteiger partial charge in [-0.3, -0.25) is 0 Å². The molecule has 11 aromatic rings. The molecule has 0 amide bonds. The lowest BCUT2D eigenvalue weighted by Crippen LogP contribution is -2.01. The lowest BCUT2D eigenvalue weighted by molar-refractivity contribution is 1.07. The Morgan fingerprint density at radius 1 is 0.304 bits per heavy atom. The van der Waals surface area contributed by atoms with Gasteiger partial charge in [0.15, 0.2) is 17.5 Å². The lowest BCUT2D eigenvalue weighted by atomic mass is 9.99. The Bertz CT molecular complexity index is 3240. The van der Waals surface area contributed by atoms with Gasteiger partial charge in [0.1, 0.15) is 0 Å². The number of fused-ring (bicyclic) bond motifs is 6. The molecule has 56 heavy (non-hydrogen) atoms. The Balaban J connectivity index is 1.05. The van der Waals surface area contributed by atoms with Crippen molar-refractivity contribution >= 4 is 53.3 Å². The van der Waals surface area contributed by atoms with E-state index in [-0.39, 0.29) is 0 Å². The van der Waals surface area contributed by atoms with Crippen LogP contribution in [-0.4, -0.2) is 19.5 Å². The molecule has 3 aromatic heterocycles. The van der Waals surface area contributed by atoms with Crippen LogP contribution in [0.15, 0.2) is 194 Å². The van der Waals surface area contributed by atoms with Crippen LogP contribution in [0.2, 0.25) is 0 Å². The van der Waals surface area contributed by atoms with E-state index in [0.717, 1.165) is 33.4 Å². The number of hydrogen-bond acceptors (Lipinski definition) is 4. The molecule has 0 saturated carbocycles. The number of nitrogens with zero attached hydrogens (tertiary/aromatic N) is 4. The molecule has 0 spiro atoms. The molecule has 0 aliphatic rings. The highest BCUT2D eigenvalue weighted by atomic mass is 32.1. The zero-order valence-electron chi connectivity index (χ0n) is 30.2. The van der Waals surface area contributed by atoms with Crippen LogP contribution in [0, 0.1) is 0 Å². The maximum Gasteiger partial charge on any atom is 0.164 e. The Labute approximate surface area is 327 Å². The van der Waals surface area contributed by atoms with E-state index in [4.69, 9.17) is 15.0 Å². The average Bonchev–Trinajstić information content (AvgIpc) is 3.82. The van der Waals surface area contributed by atoms with E-state index in [2.05, 4.69) is 180 Å². The van der Waals surface area contributed by atoms with Crippen molar-refractivity contribution in [3.05, 3.63) is 194 Å². The van der Waals surface area contributed by atoms with E-state index in [1.54, 1.807) is 11.3 Å². The predicted molar refractivity (Wildman–Crippen MR) is 234 cm³/mol. The maximum atomic E-state index is 5.16. The minimum atomic E-state index is 0.632. The summed E-state index contributed by atoms with van der Waals surface area (Å²) >= 11 is 1.80. The van der Waals surface area contributed by atoms with Crippen LogP contribution >= 0.6 is 11.3 Å².